The SMILES string of the molecule is CSc1c[nH]c2c(F)cccc12. The monoisotopic (exact) mass is 181 g/mol. The normalized spacial score (nSPS) is 10.8. The molecule has 12 heavy (non-hydrogen) atoms. The van der Waals surface area contributed by atoms with E-state index in [2.05, 4.69) is 4.98 Å². The van der Waals surface area contributed by atoms with Crippen LogP contribution in [0.3, 0.4) is 0 Å². The molecule has 1 aromatic heterocycles. The van der Waals surface area contributed by atoms with Crippen LogP contribution in [0.5, 0.6) is 0 Å². The number of nitrogens with one attached hydrogen (secondary N) is 1. The van der Waals surface area contributed by atoms with Crippen LogP contribution in [-0.4, -0.2) is 11.2 Å². The van der Waals surface area contributed by atoms with Crippen molar-refractivity contribution < 1.29 is 4.39 Å². The molecule has 1 heterocycles. The van der Waals surface area contributed by atoms with Gasteiger partial charge in [-0.15, -0.1) is 11.8 Å². The van der Waals surface area contributed by atoms with Gasteiger partial charge >= 0.3 is 0 Å². The predicted octanol–water partition coefficient (Wildman–Crippen LogP) is 3.03. The van der Waals surface area contributed by atoms with Crippen molar-refractivity contribution in [3.8, 4) is 0 Å². The Morgan fingerprint density at radius 1 is 1.42 bits per heavy atom. The Bertz CT molecular complexity index is 408. The fourth-order valence-corrected chi connectivity index (χ4v) is 1.83. The molecule has 1 aromatic carbocycles. The summed E-state index contributed by atoms with van der Waals surface area (Å²) in [5.41, 5.74) is 0.599. The molecule has 0 unspecified atom stereocenters. The Kier molecular flexibility index (Phi) is 1.81. The van der Waals surface area contributed by atoms with Crippen LogP contribution in [-0.2, 0) is 0 Å². The average Bonchev–Trinajstić information content (AvgIpc) is 2.49. The maximum absolute atomic E-state index is 13.1. The number of H-pyrrole nitrogens is 1. The number of hydrogen-bond acceptors (Lipinski definition) is 1. The number of para-hydroxylation sites is 1. The molecule has 0 saturated carbocycles. The summed E-state index contributed by atoms with van der Waals surface area (Å²) in [6, 6.07) is 5.11. The van der Waals surface area contributed by atoms with E-state index in [0.717, 1.165) is 10.3 Å². The molecule has 1 N–H and O–H groups in total. The van der Waals surface area contributed by atoms with Gasteiger partial charge in [-0.2, -0.15) is 0 Å². The molecule has 2 aromatic rings. The van der Waals surface area contributed by atoms with E-state index in [-0.39, 0.29) is 5.82 Å². The van der Waals surface area contributed by atoms with E-state index in [1.165, 1.54) is 6.07 Å². The molecule has 3 heteroatoms. The third-order valence-corrected chi connectivity index (χ3v) is 2.62. The average molecular weight is 181 g/mol. The second-order valence-corrected chi connectivity index (χ2v) is 3.37. The molecule has 2 rings (SSSR count). The van der Waals surface area contributed by atoms with E-state index in [9.17, 15) is 4.39 Å². The molecule has 0 aliphatic carbocycles. The largest absolute Gasteiger partial charge is 0.358 e. The van der Waals surface area contributed by atoms with Crippen LogP contribution in [0.4, 0.5) is 4.39 Å². The Morgan fingerprint density at radius 2 is 2.25 bits per heavy atom. The quantitative estimate of drug-likeness (QED) is 0.668. The molecule has 0 fully saturated rings. The van der Waals surface area contributed by atoms with Gasteiger partial charge in [0.25, 0.3) is 0 Å². The lowest BCUT2D eigenvalue weighted by Gasteiger charge is -1.92. The van der Waals surface area contributed by atoms with Gasteiger partial charge in [0.1, 0.15) is 5.82 Å². The smallest absolute Gasteiger partial charge is 0.147 e. The number of halogens is 1. The number of thioether (sulfide) groups is 1. The van der Waals surface area contributed by atoms with Crippen LogP contribution in [0.2, 0.25) is 0 Å². The van der Waals surface area contributed by atoms with Gasteiger partial charge in [-0.05, 0) is 12.3 Å². The van der Waals surface area contributed by atoms with E-state index in [4.69, 9.17) is 0 Å². The number of benzene rings is 1. The summed E-state index contributed by atoms with van der Waals surface area (Å²) < 4.78 is 13.1. The van der Waals surface area contributed by atoms with E-state index in [0.29, 0.717) is 5.52 Å². The Morgan fingerprint density at radius 3 is 3.00 bits per heavy atom. The minimum Gasteiger partial charge on any atom is -0.358 e. The van der Waals surface area contributed by atoms with Gasteiger partial charge in [0.05, 0.1) is 5.52 Å². The van der Waals surface area contributed by atoms with Gasteiger partial charge in [0.15, 0.2) is 0 Å². The molecule has 62 valence electrons. The van der Waals surface area contributed by atoms with Gasteiger partial charge in [0, 0.05) is 16.5 Å². The first-order valence-electron chi connectivity index (χ1n) is 3.62. The van der Waals surface area contributed by atoms with Crippen molar-refractivity contribution in [1.29, 1.82) is 0 Å². The molecule has 0 aliphatic rings. The van der Waals surface area contributed by atoms with Crippen LogP contribution in [0.15, 0.2) is 29.3 Å². The highest BCUT2D eigenvalue weighted by molar-refractivity contribution is 7.98. The lowest BCUT2D eigenvalue weighted by atomic mass is 10.2. The summed E-state index contributed by atoms with van der Waals surface area (Å²) >= 11 is 1.62. The summed E-state index contributed by atoms with van der Waals surface area (Å²) in [4.78, 5) is 4.00. The molecule has 0 radical (unpaired) electrons. The van der Waals surface area contributed by atoms with Crippen molar-refractivity contribution >= 4 is 22.7 Å². The highest BCUT2D eigenvalue weighted by atomic mass is 32.2. The third-order valence-electron chi connectivity index (χ3n) is 1.85. The Balaban J connectivity index is 2.80. The van der Waals surface area contributed by atoms with E-state index >= 15 is 0 Å². The fraction of sp³-hybridized carbons (Fsp3) is 0.111. The van der Waals surface area contributed by atoms with Gasteiger partial charge in [-0.1, -0.05) is 12.1 Å². The zero-order valence-electron chi connectivity index (χ0n) is 6.60. The first-order valence-corrected chi connectivity index (χ1v) is 4.85. The highest BCUT2D eigenvalue weighted by Crippen LogP contribution is 2.26. The van der Waals surface area contributed by atoms with Crippen LogP contribution in [0.25, 0.3) is 10.9 Å². The van der Waals surface area contributed by atoms with E-state index < -0.39 is 0 Å². The molecule has 1 nitrogen and oxygen atoms in total. The summed E-state index contributed by atoms with van der Waals surface area (Å²) in [5, 5.41) is 0.961. The van der Waals surface area contributed by atoms with Crippen molar-refractivity contribution in [1.82, 2.24) is 4.98 Å². The molecule has 0 spiro atoms. The zero-order valence-corrected chi connectivity index (χ0v) is 7.41. The summed E-state index contributed by atoms with van der Waals surface area (Å²) in [7, 11) is 0. The lowest BCUT2D eigenvalue weighted by molar-refractivity contribution is 0.637. The summed E-state index contributed by atoms with van der Waals surface area (Å²) in [6.45, 7) is 0. The molecule has 0 aliphatic heterocycles. The number of aromatic nitrogens is 1. The van der Waals surface area contributed by atoms with Crippen LogP contribution < -0.4 is 0 Å². The predicted molar refractivity (Wildman–Crippen MR) is 50.0 cm³/mol. The maximum atomic E-state index is 13.1. The first kappa shape index (κ1) is 7.68. The van der Waals surface area contributed by atoms with Gasteiger partial charge in [-0.3, -0.25) is 0 Å². The van der Waals surface area contributed by atoms with Crippen molar-refractivity contribution in [2.24, 2.45) is 0 Å². The Hall–Kier alpha value is -0.960. The molecular formula is C9H8FNS. The summed E-state index contributed by atoms with van der Waals surface area (Å²) in [6.07, 6.45) is 3.81. The second kappa shape index (κ2) is 2.83. The first-order chi connectivity index (χ1) is 5.83. The number of rotatable bonds is 1. The minimum absolute atomic E-state index is 0.187. The van der Waals surface area contributed by atoms with Crippen LogP contribution >= 0.6 is 11.8 Å². The van der Waals surface area contributed by atoms with Crippen LogP contribution in [0, 0.1) is 5.82 Å². The Labute approximate surface area is 74.0 Å². The standard InChI is InChI=1S/C9H8FNS/c1-12-8-5-11-9-6(8)3-2-4-7(9)10/h2-5,11H,1H3. The number of fused-ring (bicyclic) bond motifs is 1. The van der Waals surface area contributed by atoms with Gasteiger partial charge in [0.2, 0.25) is 0 Å². The minimum atomic E-state index is -0.187. The van der Waals surface area contributed by atoms with Crippen LogP contribution in [0.1, 0.15) is 0 Å². The highest BCUT2D eigenvalue weighted by Gasteiger charge is 2.04. The van der Waals surface area contributed by atoms with Gasteiger partial charge < -0.3 is 4.98 Å². The molecule has 0 atom stereocenters. The topological polar surface area (TPSA) is 15.8 Å². The van der Waals surface area contributed by atoms with E-state index in [1.807, 2.05) is 18.5 Å². The van der Waals surface area contributed by atoms with Crippen molar-refractivity contribution in [2.75, 3.05) is 6.26 Å². The second-order valence-electron chi connectivity index (χ2n) is 2.52. The van der Waals surface area contributed by atoms with E-state index in [1.54, 1.807) is 17.8 Å². The molecular weight excluding hydrogens is 173 g/mol. The number of hydrogen-bond donors (Lipinski definition) is 1. The molecule has 0 saturated heterocycles. The van der Waals surface area contributed by atoms with Crippen molar-refractivity contribution in [3.63, 3.8) is 0 Å². The third kappa shape index (κ3) is 1.01. The summed E-state index contributed by atoms with van der Waals surface area (Å²) in [5.74, 6) is -0.187. The zero-order chi connectivity index (χ0) is 8.55. The van der Waals surface area contributed by atoms with Gasteiger partial charge in [-0.25, -0.2) is 4.39 Å². The van der Waals surface area contributed by atoms with Crippen molar-refractivity contribution in [3.05, 3.63) is 30.2 Å². The lowest BCUT2D eigenvalue weighted by Crippen LogP contribution is -1.75. The fourth-order valence-electron chi connectivity index (χ4n) is 1.26. The molecule has 0 amide bonds. The number of aromatic amines is 1. The maximum Gasteiger partial charge on any atom is 0.147 e. The van der Waals surface area contributed by atoms with Crippen molar-refractivity contribution in [2.45, 2.75) is 4.90 Å². The molecule has 0 bridgehead atoms.